The van der Waals surface area contributed by atoms with Gasteiger partial charge in [0.2, 0.25) is 5.91 Å². The van der Waals surface area contributed by atoms with Gasteiger partial charge < -0.3 is 5.32 Å². The molecule has 26 heavy (non-hydrogen) atoms. The van der Waals surface area contributed by atoms with Crippen LogP contribution in [0.15, 0.2) is 35.7 Å². The first-order chi connectivity index (χ1) is 12.2. The van der Waals surface area contributed by atoms with E-state index in [0.717, 1.165) is 0 Å². The number of aromatic nitrogens is 1. The van der Waals surface area contributed by atoms with Crippen molar-refractivity contribution in [3.05, 3.63) is 47.0 Å². The number of anilines is 1. The zero-order valence-electron chi connectivity index (χ0n) is 14.2. The molecule has 0 saturated carbocycles. The van der Waals surface area contributed by atoms with Gasteiger partial charge in [0.15, 0.2) is 15.0 Å². The highest BCUT2D eigenvalue weighted by Crippen LogP contribution is 2.23. The minimum atomic E-state index is -3.08. The van der Waals surface area contributed by atoms with Gasteiger partial charge in [-0.1, -0.05) is 18.2 Å². The Hall–Kier alpha value is -2.26. The summed E-state index contributed by atoms with van der Waals surface area (Å²) in [4.78, 5) is 28.6. The molecule has 1 aliphatic rings. The first kappa shape index (κ1) is 18.5. The first-order valence-electron chi connectivity index (χ1n) is 8.07. The topological polar surface area (TPSA) is 105 Å². The van der Waals surface area contributed by atoms with E-state index in [4.69, 9.17) is 0 Å². The molecule has 9 heteroatoms. The average molecular weight is 393 g/mol. The molecule has 0 unspecified atom stereocenters. The molecule has 0 radical (unpaired) electrons. The third-order valence-electron chi connectivity index (χ3n) is 4.09. The zero-order valence-corrected chi connectivity index (χ0v) is 15.8. The van der Waals surface area contributed by atoms with Crippen LogP contribution in [0.1, 0.15) is 29.4 Å². The van der Waals surface area contributed by atoms with Gasteiger partial charge in [0, 0.05) is 10.9 Å². The summed E-state index contributed by atoms with van der Waals surface area (Å²) < 4.78 is 23.2. The molecule has 0 aliphatic carbocycles. The van der Waals surface area contributed by atoms with Crippen molar-refractivity contribution < 1.29 is 18.0 Å². The van der Waals surface area contributed by atoms with Gasteiger partial charge in [-0.25, -0.2) is 13.4 Å². The monoisotopic (exact) mass is 393 g/mol. The minimum absolute atomic E-state index is 0.0351. The number of nitrogens with zero attached hydrogens (tertiary/aromatic N) is 1. The number of carbonyl (C=O) groups excluding carboxylic acids is 2. The van der Waals surface area contributed by atoms with Gasteiger partial charge in [0.05, 0.1) is 29.2 Å². The highest BCUT2D eigenvalue weighted by Gasteiger charge is 2.39. The molecule has 1 aliphatic heterocycles. The van der Waals surface area contributed by atoms with Gasteiger partial charge in [-0.15, -0.1) is 11.3 Å². The lowest BCUT2D eigenvalue weighted by Crippen LogP contribution is -2.47. The number of nitrogens with one attached hydrogen (secondary N) is 2. The van der Waals surface area contributed by atoms with Crippen LogP contribution < -0.4 is 10.6 Å². The number of hydrogen-bond acceptors (Lipinski definition) is 6. The third-order valence-corrected chi connectivity index (χ3v) is 6.80. The van der Waals surface area contributed by atoms with Gasteiger partial charge in [-0.2, -0.15) is 0 Å². The molecule has 2 aromatic rings. The lowest BCUT2D eigenvalue weighted by molar-refractivity contribution is -0.122. The van der Waals surface area contributed by atoms with E-state index in [1.165, 1.54) is 11.3 Å². The van der Waals surface area contributed by atoms with Crippen LogP contribution in [0.2, 0.25) is 0 Å². The molecule has 1 aromatic carbocycles. The molecule has 7 nitrogen and oxygen atoms in total. The second-order valence-electron chi connectivity index (χ2n) is 6.59. The molecule has 2 N–H and O–H groups in total. The summed E-state index contributed by atoms with van der Waals surface area (Å²) in [6.45, 7) is 1.74. The van der Waals surface area contributed by atoms with Crippen molar-refractivity contribution in [3.63, 3.8) is 0 Å². The third kappa shape index (κ3) is 4.67. The molecular weight excluding hydrogens is 374 g/mol. The Balaban J connectivity index is 1.57. The highest BCUT2D eigenvalue weighted by molar-refractivity contribution is 7.91. The van der Waals surface area contributed by atoms with Crippen LogP contribution in [-0.4, -0.2) is 42.3 Å². The zero-order chi connectivity index (χ0) is 18.8. The number of rotatable bonds is 5. The van der Waals surface area contributed by atoms with Gasteiger partial charge in [-0.05, 0) is 25.5 Å². The Labute approximate surface area is 155 Å². The molecule has 3 rings (SSSR count). The van der Waals surface area contributed by atoms with E-state index in [1.54, 1.807) is 36.6 Å². The van der Waals surface area contributed by atoms with E-state index in [0.29, 0.717) is 22.8 Å². The summed E-state index contributed by atoms with van der Waals surface area (Å²) in [5, 5.41) is 7.61. The molecule has 1 saturated heterocycles. The van der Waals surface area contributed by atoms with Crippen molar-refractivity contribution in [2.45, 2.75) is 25.3 Å². The van der Waals surface area contributed by atoms with Crippen molar-refractivity contribution in [1.82, 2.24) is 10.3 Å². The van der Waals surface area contributed by atoms with Gasteiger partial charge >= 0.3 is 0 Å². The molecule has 1 fully saturated rings. The molecule has 1 atom stereocenters. The molecule has 2 heterocycles. The Bertz CT molecular complexity index is 924. The fourth-order valence-corrected chi connectivity index (χ4v) is 5.66. The quantitative estimate of drug-likeness (QED) is 0.803. The van der Waals surface area contributed by atoms with Crippen LogP contribution in [0.3, 0.4) is 0 Å². The minimum Gasteiger partial charge on any atom is -0.350 e. The van der Waals surface area contributed by atoms with Gasteiger partial charge in [-0.3, -0.25) is 14.9 Å². The number of thiazole rings is 1. The predicted octanol–water partition coefficient (Wildman–Crippen LogP) is 1.63. The van der Waals surface area contributed by atoms with Crippen LogP contribution in [0, 0.1) is 0 Å². The lowest BCUT2D eigenvalue weighted by atomic mass is 10.0. The summed E-state index contributed by atoms with van der Waals surface area (Å²) in [6, 6.07) is 8.78. The maximum absolute atomic E-state index is 12.2. The molecular formula is C17H19N3O4S2. The first-order valence-corrected chi connectivity index (χ1v) is 10.8. The van der Waals surface area contributed by atoms with Crippen LogP contribution >= 0.6 is 11.3 Å². The fraction of sp³-hybridized carbons (Fsp3) is 0.353. The predicted molar refractivity (Wildman–Crippen MR) is 100 cm³/mol. The molecule has 1 aromatic heterocycles. The average Bonchev–Trinajstić information content (AvgIpc) is 3.11. The maximum Gasteiger partial charge on any atom is 0.257 e. The van der Waals surface area contributed by atoms with E-state index < -0.39 is 15.4 Å². The Morgan fingerprint density at radius 3 is 2.65 bits per heavy atom. The van der Waals surface area contributed by atoms with Crippen LogP contribution in [0.25, 0.3) is 0 Å². The van der Waals surface area contributed by atoms with E-state index in [2.05, 4.69) is 15.6 Å². The second-order valence-corrected chi connectivity index (χ2v) is 9.63. The van der Waals surface area contributed by atoms with Crippen LogP contribution in [0.4, 0.5) is 5.13 Å². The maximum atomic E-state index is 12.2. The van der Waals surface area contributed by atoms with Crippen molar-refractivity contribution in [2.24, 2.45) is 0 Å². The SMILES string of the molecule is C[C@@]1(NC(=O)Cc2csc(NC(=O)c3ccccc3)n2)CCS(=O)(=O)C1. The lowest BCUT2D eigenvalue weighted by Gasteiger charge is -2.23. The van der Waals surface area contributed by atoms with Crippen molar-refractivity contribution >= 4 is 38.1 Å². The van der Waals surface area contributed by atoms with E-state index in [-0.39, 0.29) is 29.7 Å². The molecule has 0 spiro atoms. The van der Waals surface area contributed by atoms with E-state index in [9.17, 15) is 18.0 Å². The largest absolute Gasteiger partial charge is 0.350 e. The number of amides is 2. The summed E-state index contributed by atoms with van der Waals surface area (Å²) in [5.41, 5.74) is 0.328. The fourth-order valence-electron chi connectivity index (χ4n) is 2.86. The van der Waals surface area contributed by atoms with E-state index in [1.807, 2.05) is 6.07 Å². The summed E-state index contributed by atoms with van der Waals surface area (Å²) in [7, 11) is -3.08. The molecule has 0 bridgehead atoms. The van der Waals surface area contributed by atoms with E-state index >= 15 is 0 Å². The van der Waals surface area contributed by atoms with Gasteiger partial charge in [0.25, 0.3) is 5.91 Å². The van der Waals surface area contributed by atoms with Crippen molar-refractivity contribution in [2.75, 3.05) is 16.8 Å². The summed E-state index contributed by atoms with van der Waals surface area (Å²) in [5.74, 6) is -0.493. The Morgan fingerprint density at radius 1 is 1.27 bits per heavy atom. The van der Waals surface area contributed by atoms with Crippen LogP contribution in [-0.2, 0) is 21.1 Å². The van der Waals surface area contributed by atoms with Crippen molar-refractivity contribution in [3.8, 4) is 0 Å². The second kappa shape index (κ2) is 7.16. The van der Waals surface area contributed by atoms with Gasteiger partial charge in [0.1, 0.15) is 0 Å². The molecule has 138 valence electrons. The smallest absolute Gasteiger partial charge is 0.257 e. The number of benzene rings is 1. The summed E-state index contributed by atoms with van der Waals surface area (Å²) in [6.07, 6.45) is 0.448. The number of sulfone groups is 1. The Morgan fingerprint density at radius 2 is 2.00 bits per heavy atom. The highest BCUT2D eigenvalue weighted by atomic mass is 32.2. The Kier molecular flexibility index (Phi) is 5.10. The number of carbonyl (C=O) groups is 2. The normalized spacial score (nSPS) is 21.3. The summed E-state index contributed by atoms with van der Waals surface area (Å²) >= 11 is 1.24. The number of hydrogen-bond donors (Lipinski definition) is 2. The van der Waals surface area contributed by atoms with Crippen LogP contribution in [0.5, 0.6) is 0 Å². The standard InChI is InChI=1S/C17H19N3O4S2/c1-17(7-8-26(23,24)11-17)20-14(21)9-13-10-25-16(18-13)19-15(22)12-5-3-2-4-6-12/h2-6,10H,7-9,11H2,1H3,(H,20,21)(H,18,19,22)/t17-/m1/s1. The molecule has 2 amide bonds. The van der Waals surface area contributed by atoms with Crippen molar-refractivity contribution in [1.29, 1.82) is 0 Å².